The summed E-state index contributed by atoms with van der Waals surface area (Å²) in [4.78, 5) is 89.6. The number of benzene rings is 1. The second-order valence-corrected chi connectivity index (χ2v) is 16.0. The van der Waals surface area contributed by atoms with E-state index < -0.39 is 74.7 Å². The van der Waals surface area contributed by atoms with Gasteiger partial charge < -0.3 is 45.7 Å². The molecule has 7 N–H and O–H groups in total. The minimum absolute atomic E-state index is 0.0112. The van der Waals surface area contributed by atoms with E-state index in [1.54, 1.807) is 0 Å². The van der Waals surface area contributed by atoms with Crippen LogP contribution in [0.25, 0.3) is 0 Å². The Kier molecular flexibility index (Phi) is 10.1. The number of oxime groups is 1. The van der Waals surface area contributed by atoms with Gasteiger partial charge in [-0.25, -0.2) is 14.6 Å². The highest BCUT2D eigenvalue weighted by molar-refractivity contribution is 8.00. The first-order valence-electron chi connectivity index (χ1n) is 16.3. The van der Waals surface area contributed by atoms with E-state index in [0.29, 0.717) is 42.5 Å². The number of halogens is 1. The van der Waals surface area contributed by atoms with Crippen LogP contribution < -0.4 is 11.1 Å². The van der Waals surface area contributed by atoms with Crippen LogP contribution in [0.15, 0.2) is 33.9 Å². The maximum atomic E-state index is 13.5. The largest absolute Gasteiger partial charge is 0.504 e. The number of fused-ring (bicyclic) bond motifs is 3. The molecule has 18 nitrogen and oxygen atoms in total. The van der Waals surface area contributed by atoms with Gasteiger partial charge in [0.2, 0.25) is 5.60 Å². The molecular weight excluding hydrogens is 758 g/mol. The number of β-lactam (4-membered cyclic amide) rings is 1. The number of nitrogens with zero attached hydrogens (tertiary/aromatic N) is 5. The molecule has 0 aliphatic carbocycles. The molecule has 3 amide bonds. The van der Waals surface area contributed by atoms with Crippen molar-refractivity contribution < 1.29 is 58.5 Å². The van der Waals surface area contributed by atoms with Gasteiger partial charge in [-0.3, -0.25) is 24.1 Å². The highest BCUT2D eigenvalue weighted by Crippen LogP contribution is 2.42. The summed E-state index contributed by atoms with van der Waals surface area (Å²) in [5, 5.41) is 46.1. The van der Waals surface area contributed by atoms with Crippen molar-refractivity contribution in [2.75, 3.05) is 44.2 Å². The zero-order valence-electron chi connectivity index (χ0n) is 28.3. The van der Waals surface area contributed by atoms with E-state index in [1.165, 1.54) is 42.0 Å². The predicted molar refractivity (Wildman–Crippen MR) is 189 cm³/mol. The Morgan fingerprint density at radius 1 is 1.19 bits per heavy atom. The van der Waals surface area contributed by atoms with E-state index in [-0.39, 0.29) is 47.0 Å². The topological polar surface area (TPSA) is 262 Å². The van der Waals surface area contributed by atoms with Crippen molar-refractivity contribution in [3.05, 3.63) is 45.1 Å². The molecule has 4 atom stereocenters. The molecule has 3 fully saturated rings. The van der Waals surface area contributed by atoms with Gasteiger partial charge in [0.1, 0.15) is 29.4 Å². The van der Waals surface area contributed by atoms with Gasteiger partial charge in [0.05, 0.1) is 36.3 Å². The van der Waals surface area contributed by atoms with Crippen molar-refractivity contribution in [3.8, 4) is 11.5 Å². The van der Waals surface area contributed by atoms with Gasteiger partial charge in [-0.2, -0.15) is 0 Å². The summed E-state index contributed by atoms with van der Waals surface area (Å²) in [6.45, 7) is 4.61. The standard InChI is InChI=1S/C32H34ClN7O11S2/c1-32(2,30(49)50)51-37-20(17-13-53-31(34)35-17)25(44)36-21-26(45)39-22(29(47)48)14(12-52-28(21)39)10-40-8-3-7-38(15(11-40)6-9-40)27(46)23(42)16-4-5-18(41)24(43)19(16)33/h4-5,13,15,21,28H,3,6-12H2,1-2H3,(H6-,34,35,36,37,41,42,43,44,46,47,48,49,50)/p+1/t15?,21-,28-,40?/m1/s1. The molecule has 53 heavy (non-hydrogen) atoms. The molecule has 4 aliphatic heterocycles. The fourth-order valence-corrected chi connectivity index (χ4v) is 9.08. The number of aromatic nitrogens is 1. The van der Waals surface area contributed by atoms with Crippen molar-refractivity contribution in [2.24, 2.45) is 5.16 Å². The first-order valence-corrected chi connectivity index (χ1v) is 18.6. The normalized spacial score (nSPS) is 24.2. The number of carboxylic acids is 2. The molecule has 0 spiro atoms. The van der Waals surface area contributed by atoms with Crippen LogP contribution >= 0.6 is 34.7 Å². The summed E-state index contributed by atoms with van der Waals surface area (Å²) in [5.41, 5.74) is 3.59. The predicted octanol–water partition coefficient (Wildman–Crippen LogP) is 0.817. The number of nitrogens with two attached hydrogens (primary N) is 1. The second-order valence-electron chi connectivity index (χ2n) is 13.6. The third-order valence-electron chi connectivity index (χ3n) is 9.72. The van der Waals surface area contributed by atoms with Crippen LogP contribution in [0.5, 0.6) is 11.5 Å². The van der Waals surface area contributed by atoms with Gasteiger partial charge in [0.25, 0.3) is 23.5 Å². The zero-order valence-corrected chi connectivity index (χ0v) is 30.7. The molecule has 2 unspecified atom stereocenters. The van der Waals surface area contributed by atoms with E-state index in [4.69, 9.17) is 22.2 Å². The van der Waals surface area contributed by atoms with Crippen LogP contribution in [0.3, 0.4) is 0 Å². The third kappa shape index (κ3) is 6.98. The lowest BCUT2D eigenvalue weighted by Gasteiger charge is -2.50. The molecule has 1 aromatic carbocycles. The van der Waals surface area contributed by atoms with Crippen LogP contribution in [0.1, 0.15) is 42.7 Å². The van der Waals surface area contributed by atoms with Crippen LogP contribution in [0.4, 0.5) is 5.13 Å². The molecule has 5 heterocycles. The van der Waals surface area contributed by atoms with Crippen LogP contribution in [-0.4, -0.2) is 142 Å². The van der Waals surface area contributed by atoms with E-state index in [0.717, 1.165) is 22.3 Å². The Hall–Kier alpha value is -4.92. The van der Waals surface area contributed by atoms with Crippen LogP contribution in [-0.2, 0) is 28.8 Å². The summed E-state index contributed by atoms with van der Waals surface area (Å²) < 4.78 is 0.437. The van der Waals surface area contributed by atoms with Crippen molar-refractivity contribution in [1.29, 1.82) is 0 Å². The number of thiazole rings is 1. The molecule has 2 aromatic rings. The van der Waals surface area contributed by atoms with E-state index in [9.17, 15) is 49.2 Å². The maximum absolute atomic E-state index is 13.5. The van der Waals surface area contributed by atoms with Crippen molar-refractivity contribution in [1.82, 2.24) is 20.1 Å². The molecule has 6 rings (SSSR count). The van der Waals surface area contributed by atoms with Gasteiger partial charge in [-0.1, -0.05) is 16.8 Å². The molecule has 0 radical (unpaired) electrons. The Balaban J connectivity index is 1.17. The molecule has 4 aliphatic rings. The number of aliphatic carboxylic acids is 2. The Morgan fingerprint density at radius 2 is 1.92 bits per heavy atom. The number of ketones is 1. The third-order valence-corrected chi connectivity index (χ3v) is 12.1. The van der Waals surface area contributed by atoms with Crippen LogP contribution in [0, 0.1) is 0 Å². The number of aromatic hydroxyl groups is 2. The lowest BCUT2D eigenvalue weighted by molar-refractivity contribution is -0.912. The first-order chi connectivity index (χ1) is 24.9. The van der Waals surface area contributed by atoms with Gasteiger partial charge >= 0.3 is 11.9 Å². The minimum Gasteiger partial charge on any atom is -0.504 e. The number of carbonyl (C=O) groups is 6. The fourth-order valence-electron chi connectivity index (χ4n) is 6.95. The first kappa shape index (κ1) is 37.8. The summed E-state index contributed by atoms with van der Waals surface area (Å²) in [6, 6.07) is 0.772. The number of Topliss-reactive ketones (excluding diaryl/α,β-unsaturated/α-hetero) is 1. The lowest BCUT2D eigenvalue weighted by Crippen LogP contribution is -2.71. The van der Waals surface area contributed by atoms with E-state index >= 15 is 0 Å². The van der Waals surface area contributed by atoms with E-state index in [2.05, 4.69) is 15.5 Å². The number of carbonyl (C=O) groups excluding carboxylic acids is 4. The molecular formula is C32H35ClN7O11S2+. The molecule has 0 saturated carbocycles. The number of phenols is 2. The number of nitrogens with one attached hydrogen (secondary N) is 1. The summed E-state index contributed by atoms with van der Waals surface area (Å²) in [5.74, 6) is -6.95. The van der Waals surface area contributed by atoms with Gasteiger partial charge in [-0.15, -0.1) is 23.1 Å². The quantitative estimate of drug-likeness (QED) is 0.0350. The highest BCUT2D eigenvalue weighted by atomic mass is 35.5. The second kappa shape index (κ2) is 14.1. The highest BCUT2D eigenvalue weighted by Gasteiger charge is 2.56. The molecule has 1 aromatic heterocycles. The smallest absolute Gasteiger partial charge is 0.352 e. The number of carboxylic acid groups (broad SMARTS) is 2. The fraction of sp³-hybridized carbons (Fsp3) is 0.438. The summed E-state index contributed by atoms with van der Waals surface area (Å²) >= 11 is 8.34. The molecule has 21 heteroatoms. The van der Waals surface area contributed by atoms with Gasteiger partial charge in [0, 0.05) is 36.1 Å². The molecule has 2 bridgehead atoms. The minimum atomic E-state index is -1.81. The maximum Gasteiger partial charge on any atom is 0.352 e. The number of amides is 3. The average Bonchev–Trinajstić information content (AvgIpc) is 3.67. The summed E-state index contributed by atoms with van der Waals surface area (Å²) in [6.07, 6.45) is 1.05. The number of nitrogen functional groups attached to an aromatic ring is 1. The Labute approximate surface area is 314 Å². The number of anilines is 1. The molecule has 3 saturated heterocycles. The molecule has 282 valence electrons. The monoisotopic (exact) mass is 792 g/mol. The van der Waals surface area contributed by atoms with Crippen molar-refractivity contribution >= 4 is 81.0 Å². The average molecular weight is 793 g/mol. The number of thioether (sulfide) groups is 1. The van der Waals surface area contributed by atoms with Gasteiger partial charge in [0.15, 0.2) is 22.3 Å². The summed E-state index contributed by atoms with van der Waals surface area (Å²) in [7, 11) is 0. The van der Waals surface area contributed by atoms with E-state index in [1.807, 2.05) is 0 Å². The Bertz CT molecular complexity index is 2000. The number of hydrogen-bond acceptors (Lipinski definition) is 14. The number of rotatable bonds is 11. The van der Waals surface area contributed by atoms with Gasteiger partial charge in [-0.05, 0) is 26.0 Å². The lowest BCUT2D eigenvalue weighted by atomic mass is 10.0. The van der Waals surface area contributed by atoms with Crippen molar-refractivity contribution in [2.45, 2.75) is 49.7 Å². The number of phenolic OH excluding ortho intramolecular Hbond substituents is 2. The van der Waals surface area contributed by atoms with Crippen molar-refractivity contribution in [3.63, 3.8) is 0 Å². The SMILES string of the molecule is CC(C)(O/N=C(\C(=O)N[C@@H]1C(=O)N2C(C(=O)O)=C(C[N+]34CCCN(C(=O)C(=O)c5ccc(O)c(O)c5Cl)C(CC3)C4)CS[C@H]12)c1csc(N)n1)C(=O)O. The number of hydrogen-bond donors (Lipinski definition) is 6. The van der Waals surface area contributed by atoms with Crippen LogP contribution in [0.2, 0.25) is 5.02 Å². The zero-order chi connectivity index (χ0) is 38.6. The Morgan fingerprint density at radius 3 is 2.58 bits per heavy atom. The number of quaternary nitrogens is 1.